The Bertz CT molecular complexity index is 514. The molecule has 2 atom stereocenters. The van der Waals surface area contributed by atoms with Crippen LogP contribution in [0.3, 0.4) is 0 Å². The molecule has 1 aromatic rings. The van der Waals surface area contributed by atoms with Crippen molar-refractivity contribution in [2.45, 2.75) is 70.4 Å². The molecule has 2 fully saturated rings. The fraction of sp³-hybridized carbons (Fsp3) is 0.714. The van der Waals surface area contributed by atoms with Gasteiger partial charge in [0.05, 0.1) is 25.9 Å². The smallest absolute Gasteiger partial charge is 0.184 e. The summed E-state index contributed by atoms with van der Waals surface area (Å²) in [6, 6.07) is 8.23. The van der Waals surface area contributed by atoms with Crippen molar-refractivity contribution in [2.75, 3.05) is 19.8 Å². The van der Waals surface area contributed by atoms with Crippen LogP contribution in [0, 0.1) is 5.92 Å². The fourth-order valence-electron chi connectivity index (χ4n) is 3.90. The topological polar surface area (TPSA) is 27.7 Å². The number of hydrogen-bond donors (Lipinski definition) is 0. The molecule has 2 aliphatic rings. The van der Waals surface area contributed by atoms with Crippen LogP contribution in [0.25, 0.3) is 0 Å². The van der Waals surface area contributed by atoms with E-state index in [-0.39, 0.29) is 19.3 Å². The van der Waals surface area contributed by atoms with Crippen LogP contribution in [-0.4, -0.2) is 25.5 Å². The monoisotopic (exact) mass is 350 g/mol. The molecular formula is C21H31FO3. The number of rotatable bonds is 6. The Labute approximate surface area is 150 Å². The average molecular weight is 350 g/mol. The number of benzene rings is 1. The van der Waals surface area contributed by atoms with Gasteiger partial charge in [0.1, 0.15) is 0 Å². The summed E-state index contributed by atoms with van der Waals surface area (Å²) in [5.41, 5.74) is 0.818. The minimum Gasteiger partial charge on any atom is -0.373 e. The molecule has 0 N–H and O–H groups in total. The van der Waals surface area contributed by atoms with Crippen LogP contribution in [0.4, 0.5) is 4.39 Å². The summed E-state index contributed by atoms with van der Waals surface area (Å²) in [5, 5.41) is 0. The summed E-state index contributed by atoms with van der Waals surface area (Å²) < 4.78 is 31.7. The van der Waals surface area contributed by atoms with Crippen LogP contribution in [0.2, 0.25) is 0 Å². The summed E-state index contributed by atoms with van der Waals surface area (Å²) >= 11 is 0. The van der Waals surface area contributed by atoms with Gasteiger partial charge >= 0.3 is 0 Å². The van der Waals surface area contributed by atoms with Crippen molar-refractivity contribution in [3.05, 3.63) is 35.4 Å². The summed E-state index contributed by atoms with van der Waals surface area (Å²) in [6.07, 6.45) is 5.82. The second kappa shape index (κ2) is 8.61. The van der Waals surface area contributed by atoms with Gasteiger partial charge in [-0.2, -0.15) is 0 Å². The third-order valence-electron chi connectivity index (χ3n) is 5.33. The highest BCUT2D eigenvalue weighted by atomic mass is 19.1. The first-order chi connectivity index (χ1) is 12.1. The Kier molecular flexibility index (Phi) is 6.48. The van der Waals surface area contributed by atoms with Crippen molar-refractivity contribution in [3.63, 3.8) is 0 Å². The van der Waals surface area contributed by atoms with E-state index in [0.29, 0.717) is 12.3 Å². The van der Waals surface area contributed by atoms with Gasteiger partial charge in [0, 0.05) is 5.56 Å². The van der Waals surface area contributed by atoms with E-state index in [4.69, 9.17) is 14.2 Å². The molecule has 4 heteroatoms. The molecule has 0 spiro atoms. The lowest BCUT2D eigenvalue weighted by Gasteiger charge is -2.34. The highest BCUT2D eigenvalue weighted by Crippen LogP contribution is 2.35. The summed E-state index contributed by atoms with van der Waals surface area (Å²) in [6.45, 7) is 5.29. The molecule has 0 radical (unpaired) electrons. The normalized spacial score (nSPS) is 33.3. The highest BCUT2D eigenvalue weighted by Gasteiger charge is 2.36. The maximum atomic E-state index is 14.4. The minimum atomic E-state index is -1.34. The van der Waals surface area contributed by atoms with E-state index in [2.05, 4.69) is 19.1 Å². The Morgan fingerprint density at radius 1 is 0.960 bits per heavy atom. The van der Waals surface area contributed by atoms with E-state index in [1.54, 1.807) is 0 Å². The summed E-state index contributed by atoms with van der Waals surface area (Å²) in [4.78, 5) is 0. The molecule has 0 aromatic heterocycles. The van der Waals surface area contributed by atoms with Crippen LogP contribution in [-0.2, 0) is 14.2 Å². The largest absolute Gasteiger partial charge is 0.373 e. The molecular weight excluding hydrogens is 319 g/mol. The standard InChI is InChI=1S/C21H31FO3/c1-3-5-16-6-11-19(23-13-16)17-7-9-18(10-8-17)20-24-14-21(22,12-4-2)15-25-20/h7-10,16,19-20H,3-6,11-15H2,1-2H3. The van der Waals surface area contributed by atoms with Crippen molar-refractivity contribution >= 4 is 0 Å². The maximum Gasteiger partial charge on any atom is 0.184 e. The molecule has 3 rings (SSSR count). The molecule has 3 nitrogen and oxygen atoms in total. The molecule has 0 bridgehead atoms. The van der Waals surface area contributed by atoms with Crippen LogP contribution < -0.4 is 0 Å². The van der Waals surface area contributed by atoms with E-state index < -0.39 is 12.0 Å². The summed E-state index contributed by atoms with van der Waals surface area (Å²) in [5.74, 6) is 0.716. The van der Waals surface area contributed by atoms with Crippen molar-refractivity contribution in [1.82, 2.24) is 0 Å². The molecule has 2 saturated heterocycles. The fourth-order valence-corrected chi connectivity index (χ4v) is 3.90. The van der Waals surface area contributed by atoms with E-state index in [1.165, 1.54) is 24.8 Å². The minimum absolute atomic E-state index is 0.109. The van der Waals surface area contributed by atoms with Gasteiger partial charge in [-0.25, -0.2) is 4.39 Å². The third kappa shape index (κ3) is 4.81. The number of alkyl halides is 1. The second-order valence-electron chi connectivity index (χ2n) is 7.58. The molecule has 25 heavy (non-hydrogen) atoms. The molecule has 0 amide bonds. The van der Waals surface area contributed by atoms with Crippen molar-refractivity contribution < 1.29 is 18.6 Å². The van der Waals surface area contributed by atoms with E-state index >= 15 is 0 Å². The molecule has 2 heterocycles. The Morgan fingerprint density at radius 3 is 2.20 bits per heavy atom. The average Bonchev–Trinajstić information content (AvgIpc) is 2.64. The van der Waals surface area contributed by atoms with Gasteiger partial charge < -0.3 is 14.2 Å². The van der Waals surface area contributed by atoms with Crippen molar-refractivity contribution in [3.8, 4) is 0 Å². The predicted octanol–water partition coefficient (Wildman–Crippen LogP) is 5.51. The van der Waals surface area contributed by atoms with Crippen LogP contribution in [0.5, 0.6) is 0 Å². The number of ether oxygens (including phenoxy) is 3. The molecule has 2 aliphatic heterocycles. The van der Waals surface area contributed by atoms with E-state index in [9.17, 15) is 4.39 Å². The first-order valence-electron chi connectivity index (χ1n) is 9.77. The van der Waals surface area contributed by atoms with Crippen LogP contribution in [0.1, 0.15) is 75.9 Å². The predicted molar refractivity (Wildman–Crippen MR) is 96.2 cm³/mol. The van der Waals surface area contributed by atoms with Gasteiger partial charge in [-0.15, -0.1) is 0 Å². The lowest BCUT2D eigenvalue weighted by Crippen LogP contribution is -2.41. The first kappa shape index (κ1) is 18.8. The SMILES string of the molecule is CCCC1CCC(c2ccc(C3OCC(F)(CCC)CO3)cc2)OC1. The van der Waals surface area contributed by atoms with Crippen LogP contribution in [0.15, 0.2) is 24.3 Å². The Balaban J connectivity index is 1.53. The van der Waals surface area contributed by atoms with Gasteiger partial charge in [-0.3, -0.25) is 0 Å². The lowest BCUT2D eigenvalue weighted by atomic mass is 9.91. The van der Waals surface area contributed by atoms with Gasteiger partial charge in [0.15, 0.2) is 12.0 Å². The molecule has 2 unspecified atom stereocenters. The zero-order valence-corrected chi connectivity index (χ0v) is 15.5. The van der Waals surface area contributed by atoms with Crippen LogP contribution >= 0.6 is 0 Å². The zero-order valence-electron chi connectivity index (χ0n) is 15.5. The van der Waals surface area contributed by atoms with E-state index in [0.717, 1.165) is 25.0 Å². The molecule has 0 aliphatic carbocycles. The number of halogens is 1. The maximum absolute atomic E-state index is 14.4. The Hall–Kier alpha value is -0.970. The lowest BCUT2D eigenvalue weighted by molar-refractivity contribution is -0.238. The number of hydrogen-bond acceptors (Lipinski definition) is 3. The highest BCUT2D eigenvalue weighted by molar-refractivity contribution is 5.25. The summed E-state index contributed by atoms with van der Waals surface area (Å²) in [7, 11) is 0. The molecule has 140 valence electrons. The van der Waals surface area contributed by atoms with E-state index in [1.807, 2.05) is 19.1 Å². The van der Waals surface area contributed by atoms with Gasteiger partial charge in [-0.1, -0.05) is 51.0 Å². The van der Waals surface area contributed by atoms with Gasteiger partial charge in [0.25, 0.3) is 0 Å². The van der Waals surface area contributed by atoms with Crippen molar-refractivity contribution in [2.24, 2.45) is 5.92 Å². The Morgan fingerprint density at radius 2 is 1.64 bits per heavy atom. The van der Waals surface area contributed by atoms with Crippen molar-refractivity contribution in [1.29, 1.82) is 0 Å². The van der Waals surface area contributed by atoms with Gasteiger partial charge in [-0.05, 0) is 37.2 Å². The molecule has 0 saturated carbocycles. The molecule has 1 aromatic carbocycles. The first-order valence-corrected chi connectivity index (χ1v) is 9.77. The van der Waals surface area contributed by atoms with Gasteiger partial charge in [0.2, 0.25) is 0 Å². The zero-order chi connectivity index (χ0) is 17.7. The quantitative estimate of drug-likeness (QED) is 0.677. The second-order valence-corrected chi connectivity index (χ2v) is 7.58. The third-order valence-corrected chi connectivity index (χ3v) is 5.33.